The lowest BCUT2D eigenvalue weighted by Crippen LogP contribution is -2.48. The van der Waals surface area contributed by atoms with Crippen LogP contribution in [-0.2, 0) is 12.7 Å². The molecule has 0 atom stereocenters. The molecule has 1 aliphatic heterocycles. The first kappa shape index (κ1) is 18.3. The Hall–Kier alpha value is -2.52. The first-order valence-electron chi connectivity index (χ1n) is 8.53. The lowest BCUT2D eigenvalue weighted by atomic mass is 9.88. The number of benzene rings is 2. The van der Waals surface area contributed by atoms with Crippen LogP contribution in [0.5, 0.6) is 0 Å². The third kappa shape index (κ3) is 4.36. The first-order chi connectivity index (χ1) is 12.4. The van der Waals surface area contributed by atoms with E-state index in [0.29, 0.717) is 31.6 Å². The molecule has 136 valence electrons. The summed E-state index contributed by atoms with van der Waals surface area (Å²) < 4.78 is 38.6. The second kappa shape index (κ2) is 7.38. The highest BCUT2D eigenvalue weighted by atomic mass is 19.4. The van der Waals surface area contributed by atoms with Crippen molar-refractivity contribution in [2.45, 2.75) is 31.1 Å². The number of hydrogen-bond acceptors (Lipinski definition) is 3. The molecule has 1 saturated heterocycles. The van der Waals surface area contributed by atoms with Gasteiger partial charge in [0.2, 0.25) is 0 Å². The largest absolute Gasteiger partial charge is 0.416 e. The van der Waals surface area contributed by atoms with Gasteiger partial charge in [-0.25, -0.2) is 0 Å². The molecular formula is C20H20F3N3. The average molecular weight is 359 g/mol. The summed E-state index contributed by atoms with van der Waals surface area (Å²) in [7, 11) is 0. The van der Waals surface area contributed by atoms with E-state index in [1.807, 2.05) is 18.2 Å². The lowest BCUT2D eigenvalue weighted by molar-refractivity contribution is -0.137. The van der Waals surface area contributed by atoms with Gasteiger partial charge < -0.3 is 5.32 Å². The molecule has 1 heterocycles. The van der Waals surface area contributed by atoms with Crippen molar-refractivity contribution in [3.05, 3.63) is 65.7 Å². The van der Waals surface area contributed by atoms with E-state index in [0.717, 1.165) is 18.7 Å². The molecule has 2 aromatic carbocycles. The molecule has 0 bridgehead atoms. The molecule has 0 aromatic heterocycles. The highest BCUT2D eigenvalue weighted by Crippen LogP contribution is 2.33. The number of nitriles is 1. The quantitative estimate of drug-likeness (QED) is 0.862. The smallest absolute Gasteiger partial charge is 0.367 e. The first-order valence-corrected chi connectivity index (χ1v) is 8.53. The third-order valence-electron chi connectivity index (χ3n) is 4.75. The average Bonchev–Trinajstić information content (AvgIpc) is 2.64. The molecule has 0 amide bonds. The predicted octanol–water partition coefficient (Wildman–Crippen LogP) is 4.68. The van der Waals surface area contributed by atoms with E-state index in [-0.39, 0.29) is 0 Å². The minimum absolute atomic E-state index is 0.331. The Balaban J connectivity index is 1.65. The number of anilines is 1. The summed E-state index contributed by atoms with van der Waals surface area (Å²) in [5, 5.41) is 12.7. The van der Waals surface area contributed by atoms with Crippen molar-refractivity contribution >= 4 is 5.69 Å². The number of hydrogen-bond donors (Lipinski definition) is 1. The van der Waals surface area contributed by atoms with Crippen molar-refractivity contribution in [3.8, 4) is 6.07 Å². The molecule has 0 spiro atoms. The number of alkyl halides is 3. The molecule has 3 rings (SSSR count). The molecule has 1 aliphatic rings. The minimum Gasteiger partial charge on any atom is -0.367 e. The van der Waals surface area contributed by atoms with E-state index in [1.54, 1.807) is 6.07 Å². The van der Waals surface area contributed by atoms with E-state index in [2.05, 4.69) is 28.4 Å². The zero-order valence-electron chi connectivity index (χ0n) is 14.3. The van der Waals surface area contributed by atoms with Gasteiger partial charge in [-0.15, -0.1) is 0 Å². The number of piperidine rings is 1. The summed E-state index contributed by atoms with van der Waals surface area (Å²) in [6.07, 6.45) is -3.27. The maximum atomic E-state index is 12.9. The molecule has 0 unspecified atom stereocenters. The van der Waals surface area contributed by atoms with Crippen LogP contribution >= 0.6 is 0 Å². The lowest BCUT2D eigenvalue weighted by Gasteiger charge is -2.38. The van der Waals surface area contributed by atoms with E-state index < -0.39 is 17.3 Å². The number of likely N-dealkylation sites (tertiary alicyclic amines) is 1. The maximum Gasteiger partial charge on any atom is 0.416 e. The number of halogens is 3. The molecular weight excluding hydrogens is 339 g/mol. The third-order valence-corrected chi connectivity index (χ3v) is 4.75. The van der Waals surface area contributed by atoms with Gasteiger partial charge in [-0.3, -0.25) is 4.90 Å². The highest BCUT2D eigenvalue weighted by molar-refractivity contribution is 5.50. The van der Waals surface area contributed by atoms with Crippen LogP contribution in [0.15, 0.2) is 54.6 Å². The van der Waals surface area contributed by atoms with E-state index >= 15 is 0 Å². The van der Waals surface area contributed by atoms with Gasteiger partial charge in [0.15, 0.2) is 0 Å². The van der Waals surface area contributed by atoms with Gasteiger partial charge in [-0.2, -0.15) is 18.4 Å². The second-order valence-electron chi connectivity index (χ2n) is 6.66. The maximum absolute atomic E-state index is 12.9. The van der Waals surface area contributed by atoms with E-state index in [9.17, 15) is 18.4 Å². The van der Waals surface area contributed by atoms with Crippen LogP contribution in [0.1, 0.15) is 24.0 Å². The Bertz CT molecular complexity index is 773. The normalized spacial score (nSPS) is 17.5. The molecule has 6 heteroatoms. The van der Waals surface area contributed by atoms with Gasteiger partial charge >= 0.3 is 6.18 Å². The highest BCUT2D eigenvalue weighted by Gasteiger charge is 2.36. The predicted molar refractivity (Wildman–Crippen MR) is 94.4 cm³/mol. The Morgan fingerprint density at radius 3 is 2.35 bits per heavy atom. The summed E-state index contributed by atoms with van der Waals surface area (Å²) in [6.45, 7) is 2.24. The fourth-order valence-corrected chi connectivity index (χ4v) is 3.25. The van der Waals surface area contributed by atoms with Crippen LogP contribution in [0.2, 0.25) is 0 Å². The standard InChI is InChI=1S/C20H20F3N3/c21-20(22,23)17-7-4-8-18(13-17)25-19(15-24)9-11-26(12-10-19)14-16-5-2-1-3-6-16/h1-8,13,25H,9-12,14H2. The fourth-order valence-electron chi connectivity index (χ4n) is 3.25. The van der Waals surface area contributed by atoms with Crippen molar-refractivity contribution in [2.75, 3.05) is 18.4 Å². The van der Waals surface area contributed by atoms with Gasteiger partial charge in [-0.1, -0.05) is 36.4 Å². The number of nitrogens with zero attached hydrogens (tertiary/aromatic N) is 2. The molecule has 3 nitrogen and oxygen atoms in total. The Morgan fingerprint density at radius 1 is 1.04 bits per heavy atom. The summed E-state index contributed by atoms with van der Waals surface area (Å²) in [4.78, 5) is 2.26. The monoisotopic (exact) mass is 359 g/mol. The van der Waals surface area contributed by atoms with Crippen LogP contribution < -0.4 is 5.32 Å². The van der Waals surface area contributed by atoms with Crippen LogP contribution in [0.4, 0.5) is 18.9 Å². The minimum atomic E-state index is -4.39. The Kier molecular flexibility index (Phi) is 5.19. The van der Waals surface area contributed by atoms with Gasteiger partial charge in [-0.05, 0) is 36.6 Å². The zero-order chi connectivity index (χ0) is 18.6. The van der Waals surface area contributed by atoms with Crippen molar-refractivity contribution in [1.29, 1.82) is 5.26 Å². The SMILES string of the molecule is N#CC1(Nc2cccc(C(F)(F)F)c2)CCN(Cc2ccccc2)CC1. The molecule has 0 aliphatic carbocycles. The molecule has 1 fully saturated rings. The van der Waals surface area contributed by atoms with Crippen molar-refractivity contribution in [2.24, 2.45) is 0 Å². The van der Waals surface area contributed by atoms with Crippen LogP contribution in [-0.4, -0.2) is 23.5 Å². The summed E-state index contributed by atoms with van der Waals surface area (Å²) in [6, 6.07) is 17.4. The van der Waals surface area contributed by atoms with Crippen molar-refractivity contribution < 1.29 is 13.2 Å². The van der Waals surface area contributed by atoms with Crippen LogP contribution in [0.25, 0.3) is 0 Å². The van der Waals surface area contributed by atoms with E-state index in [1.165, 1.54) is 11.6 Å². The van der Waals surface area contributed by atoms with Gasteiger partial charge in [0.1, 0.15) is 5.54 Å². The van der Waals surface area contributed by atoms with Crippen LogP contribution in [0, 0.1) is 11.3 Å². The van der Waals surface area contributed by atoms with Crippen molar-refractivity contribution in [1.82, 2.24) is 4.90 Å². The number of rotatable bonds is 4. The van der Waals surface area contributed by atoms with Gasteiger partial charge in [0.05, 0.1) is 11.6 Å². The Morgan fingerprint density at radius 2 is 1.73 bits per heavy atom. The zero-order valence-corrected chi connectivity index (χ0v) is 14.3. The summed E-state index contributed by atoms with van der Waals surface area (Å²) >= 11 is 0. The molecule has 26 heavy (non-hydrogen) atoms. The van der Waals surface area contributed by atoms with Gasteiger partial charge in [0, 0.05) is 25.3 Å². The van der Waals surface area contributed by atoms with E-state index in [4.69, 9.17) is 0 Å². The second-order valence-corrected chi connectivity index (χ2v) is 6.66. The molecule has 0 saturated carbocycles. The molecule has 0 radical (unpaired) electrons. The molecule has 1 N–H and O–H groups in total. The Labute approximate surface area is 151 Å². The fraction of sp³-hybridized carbons (Fsp3) is 0.350. The summed E-state index contributed by atoms with van der Waals surface area (Å²) in [5.41, 5.74) is -0.00462. The topological polar surface area (TPSA) is 39.1 Å². The van der Waals surface area contributed by atoms with Gasteiger partial charge in [0.25, 0.3) is 0 Å². The molecule has 2 aromatic rings. The summed E-state index contributed by atoms with van der Waals surface area (Å²) in [5.74, 6) is 0. The number of nitrogens with one attached hydrogen (secondary N) is 1. The van der Waals surface area contributed by atoms with Crippen LogP contribution in [0.3, 0.4) is 0 Å². The van der Waals surface area contributed by atoms with Crippen molar-refractivity contribution in [3.63, 3.8) is 0 Å².